The van der Waals surface area contributed by atoms with E-state index in [1.807, 2.05) is 0 Å². The van der Waals surface area contributed by atoms with Crippen LogP contribution in [0.25, 0.3) is 0 Å². The minimum atomic E-state index is -0.577. The molecule has 0 aliphatic heterocycles. The SMILES string of the molecule is Nc1ccccc1N=Nc1nc([N+](=O)[O-])cs1. The predicted molar refractivity (Wildman–Crippen MR) is 63.8 cm³/mol. The number of para-hydroxylation sites is 1. The molecule has 7 nitrogen and oxygen atoms in total. The molecule has 1 heterocycles. The van der Waals surface area contributed by atoms with Gasteiger partial charge in [0.05, 0.1) is 11.1 Å². The number of rotatable bonds is 3. The lowest BCUT2D eigenvalue weighted by molar-refractivity contribution is -0.389. The van der Waals surface area contributed by atoms with E-state index in [2.05, 4.69) is 15.2 Å². The van der Waals surface area contributed by atoms with Crippen molar-refractivity contribution in [1.29, 1.82) is 0 Å². The molecule has 1 aromatic carbocycles. The largest absolute Gasteiger partial charge is 0.397 e. The zero-order chi connectivity index (χ0) is 12.3. The van der Waals surface area contributed by atoms with Crippen LogP contribution in [-0.2, 0) is 0 Å². The first kappa shape index (κ1) is 11.1. The average Bonchev–Trinajstić information content (AvgIpc) is 2.77. The van der Waals surface area contributed by atoms with Gasteiger partial charge in [-0.25, -0.2) is 0 Å². The summed E-state index contributed by atoms with van der Waals surface area (Å²) in [7, 11) is 0. The van der Waals surface area contributed by atoms with Crippen LogP contribution in [0.3, 0.4) is 0 Å². The van der Waals surface area contributed by atoms with E-state index in [0.29, 0.717) is 11.4 Å². The second-order valence-corrected chi connectivity index (χ2v) is 3.84. The number of benzene rings is 1. The van der Waals surface area contributed by atoms with Gasteiger partial charge >= 0.3 is 10.9 Å². The van der Waals surface area contributed by atoms with Crippen LogP contribution in [0.1, 0.15) is 0 Å². The fourth-order valence-electron chi connectivity index (χ4n) is 1.06. The first-order valence-corrected chi connectivity index (χ1v) is 5.41. The normalized spacial score (nSPS) is 10.8. The highest BCUT2D eigenvalue weighted by atomic mass is 32.1. The maximum absolute atomic E-state index is 10.4. The van der Waals surface area contributed by atoms with Crippen LogP contribution in [0.15, 0.2) is 39.9 Å². The van der Waals surface area contributed by atoms with Crippen molar-refractivity contribution in [1.82, 2.24) is 4.98 Å². The molecular formula is C9H7N5O2S. The van der Waals surface area contributed by atoms with Crippen LogP contribution in [-0.4, -0.2) is 9.91 Å². The summed E-state index contributed by atoms with van der Waals surface area (Å²) in [5.41, 5.74) is 6.65. The quantitative estimate of drug-likeness (QED) is 0.390. The number of azo groups is 1. The van der Waals surface area contributed by atoms with Gasteiger partial charge in [0, 0.05) is 0 Å². The van der Waals surface area contributed by atoms with Gasteiger partial charge in [-0.3, -0.25) is 0 Å². The van der Waals surface area contributed by atoms with E-state index in [-0.39, 0.29) is 10.9 Å². The van der Waals surface area contributed by atoms with Crippen LogP contribution >= 0.6 is 11.3 Å². The van der Waals surface area contributed by atoms with Gasteiger partial charge in [-0.15, -0.1) is 5.11 Å². The molecule has 0 unspecified atom stereocenters. The van der Waals surface area contributed by atoms with Crippen LogP contribution in [0.2, 0.25) is 0 Å². The molecule has 0 saturated carbocycles. The maximum atomic E-state index is 10.4. The third kappa shape index (κ3) is 2.61. The number of nitrogen functional groups attached to an aromatic ring is 1. The van der Waals surface area contributed by atoms with Crippen LogP contribution < -0.4 is 5.73 Å². The summed E-state index contributed by atoms with van der Waals surface area (Å²) in [6.45, 7) is 0. The Kier molecular flexibility index (Phi) is 3.06. The predicted octanol–water partition coefficient (Wildman–Crippen LogP) is 3.05. The maximum Gasteiger partial charge on any atom is 0.377 e. The smallest absolute Gasteiger partial charge is 0.377 e. The Hall–Kier alpha value is -2.35. The summed E-state index contributed by atoms with van der Waals surface area (Å²) in [5.74, 6) is -0.231. The molecule has 0 atom stereocenters. The number of thiazole rings is 1. The number of anilines is 1. The van der Waals surface area contributed by atoms with E-state index in [1.54, 1.807) is 24.3 Å². The van der Waals surface area contributed by atoms with Gasteiger partial charge in [0.15, 0.2) is 0 Å². The Bertz CT molecular complexity index is 580. The molecule has 0 aliphatic carbocycles. The lowest BCUT2D eigenvalue weighted by Gasteiger charge is -1.94. The Morgan fingerprint density at radius 1 is 1.35 bits per heavy atom. The van der Waals surface area contributed by atoms with Crippen molar-refractivity contribution in [2.75, 3.05) is 5.73 Å². The number of aromatic nitrogens is 1. The van der Waals surface area contributed by atoms with Crippen molar-refractivity contribution in [3.05, 3.63) is 39.8 Å². The standard InChI is InChI=1S/C9H7N5O2S/c10-6-3-1-2-4-7(6)12-13-9-11-8(5-17-9)14(15)16/h1-5H,10H2. The van der Waals surface area contributed by atoms with Crippen molar-refractivity contribution >= 4 is 33.7 Å². The zero-order valence-electron chi connectivity index (χ0n) is 8.48. The minimum Gasteiger partial charge on any atom is -0.397 e. The van der Waals surface area contributed by atoms with Gasteiger partial charge < -0.3 is 15.8 Å². The summed E-state index contributed by atoms with van der Waals surface area (Å²) in [5, 5.41) is 19.6. The van der Waals surface area contributed by atoms with Gasteiger partial charge in [0.25, 0.3) is 0 Å². The van der Waals surface area contributed by atoms with Crippen LogP contribution in [0.4, 0.5) is 22.3 Å². The van der Waals surface area contributed by atoms with Crippen LogP contribution in [0, 0.1) is 10.1 Å². The van der Waals surface area contributed by atoms with Gasteiger partial charge in [0.2, 0.25) is 0 Å². The third-order valence-electron chi connectivity index (χ3n) is 1.85. The van der Waals surface area contributed by atoms with E-state index >= 15 is 0 Å². The number of hydrogen-bond acceptors (Lipinski definition) is 7. The molecular weight excluding hydrogens is 242 g/mol. The molecule has 1 aromatic heterocycles. The summed E-state index contributed by atoms with van der Waals surface area (Å²) < 4.78 is 0. The van der Waals surface area contributed by atoms with Crippen LogP contribution in [0.5, 0.6) is 0 Å². The molecule has 0 fully saturated rings. The molecule has 0 amide bonds. The van der Waals surface area contributed by atoms with Crippen molar-refractivity contribution in [3.8, 4) is 0 Å². The molecule has 0 saturated heterocycles. The Labute approximate surface area is 99.8 Å². The summed E-state index contributed by atoms with van der Waals surface area (Å²) in [6.07, 6.45) is 0. The van der Waals surface area contributed by atoms with E-state index in [9.17, 15) is 10.1 Å². The molecule has 0 bridgehead atoms. The van der Waals surface area contributed by atoms with Crippen molar-refractivity contribution in [2.24, 2.45) is 10.2 Å². The van der Waals surface area contributed by atoms with E-state index < -0.39 is 4.92 Å². The summed E-state index contributed by atoms with van der Waals surface area (Å²) in [4.78, 5) is 13.5. The highest BCUT2D eigenvalue weighted by Gasteiger charge is 2.12. The molecule has 2 N–H and O–H groups in total. The van der Waals surface area contributed by atoms with Gasteiger partial charge in [-0.2, -0.15) is 0 Å². The van der Waals surface area contributed by atoms with Crippen molar-refractivity contribution in [3.63, 3.8) is 0 Å². The molecule has 2 rings (SSSR count). The molecule has 8 heteroatoms. The fourth-order valence-corrected chi connectivity index (χ4v) is 1.64. The second-order valence-electron chi connectivity index (χ2n) is 3.00. The highest BCUT2D eigenvalue weighted by molar-refractivity contribution is 7.13. The Morgan fingerprint density at radius 2 is 2.12 bits per heavy atom. The van der Waals surface area contributed by atoms with Gasteiger partial charge in [-0.05, 0) is 22.0 Å². The van der Waals surface area contributed by atoms with Crippen molar-refractivity contribution in [2.45, 2.75) is 0 Å². The monoisotopic (exact) mass is 249 g/mol. The molecule has 0 aliphatic rings. The number of nitro groups is 1. The van der Waals surface area contributed by atoms with Gasteiger partial charge in [-0.1, -0.05) is 28.6 Å². The zero-order valence-corrected chi connectivity index (χ0v) is 9.29. The average molecular weight is 249 g/mol. The summed E-state index contributed by atoms with van der Waals surface area (Å²) in [6, 6.07) is 6.94. The molecule has 0 radical (unpaired) electrons. The number of hydrogen-bond donors (Lipinski definition) is 1. The second kappa shape index (κ2) is 4.66. The van der Waals surface area contributed by atoms with Crippen molar-refractivity contribution < 1.29 is 4.92 Å². The molecule has 0 spiro atoms. The minimum absolute atomic E-state index is 0.222. The first-order valence-electron chi connectivity index (χ1n) is 4.53. The summed E-state index contributed by atoms with van der Waals surface area (Å²) >= 11 is 1.05. The lowest BCUT2D eigenvalue weighted by Crippen LogP contribution is -1.85. The van der Waals surface area contributed by atoms with Gasteiger partial charge in [0.1, 0.15) is 5.69 Å². The highest BCUT2D eigenvalue weighted by Crippen LogP contribution is 2.27. The number of nitrogens with zero attached hydrogens (tertiary/aromatic N) is 4. The third-order valence-corrected chi connectivity index (χ3v) is 2.56. The Morgan fingerprint density at radius 3 is 2.76 bits per heavy atom. The lowest BCUT2D eigenvalue weighted by atomic mass is 10.3. The fraction of sp³-hybridized carbons (Fsp3) is 0. The topological polar surface area (TPSA) is 107 Å². The molecule has 86 valence electrons. The first-order chi connectivity index (χ1) is 8.16. The molecule has 17 heavy (non-hydrogen) atoms. The number of nitrogens with two attached hydrogens (primary N) is 1. The van der Waals surface area contributed by atoms with E-state index in [1.165, 1.54) is 5.38 Å². The Balaban J connectivity index is 2.20. The van der Waals surface area contributed by atoms with E-state index in [4.69, 9.17) is 5.73 Å². The van der Waals surface area contributed by atoms with E-state index in [0.717, 1.165) is 11.3 Å². The molecule has 2 aromatic rings.